The number of carbonyl (C=O) groups is 2. The third kappa shape index (κ3) is 5.35. The van der Waals surface area contributed by atoms with Crippen molar-refractivity contribution >= 4 is 28.4 Å². The van der Waals surface area contributed by atoms with Crippen molar-refractivity contribution in [2.75, 3.05) is 18.1 Å². The third-order valence-electron chi connectivity index (χ3n) is 6.45. The van der Waals surface area contributed by atoms with Crippen molar-refractivity contribution in [2.24, 2.45) is 11.8 Å². The molecular formula is C24H27F2NO5S. The second-order valence-electron chi connectivity index (χ2n) is 8.78. The first-order valence-electron chi connectivity index (χ1n) is 11.2. The van der Waals surface area contributed by atoms with Gasteiger partial charge >= 0.3 is 6.16 Å². The van der Waals surface area contributed by atoms with Crippen LogP contribution in [-0.4, -0.2) is 36.4 Å². The maximum absolute atomic E-state index is 14.5. The molecule has 1 saturated carbocycles. The van der Waals surface area contributed by atoms with Gasteiger partial charge in [-0.2, -0.15) is 0 Å². The molecule has 0 unspecified atom stereocenters. The van der Waals surface area contributed by atoms with Gasteiger partial charge in [-0.1, -0.05) is 6.92 Å². The Hall–Kier alpha value is -2.52. The molecule has 0 atom stereocenters. The van der Waals surface area contributed by atoms with E-state index < -0.39 is 17.8 Å². The molecule has 2 fully saturated rings. The van der Waals surface area contributed by atoms with Gasteiger partial charge in [-0.15, -0.1) is 11.3 Å². The highest BCUT2D eigenvalue weighted by Gasteiger charge is 2.36. The Bertz CT molecular complexity index is 1010. The minimum atomic E-state index is -1.52. The molecule has 0 radical (unpaired) electrons. The highest BCUT2D eigenvalue weighted by atomic mass is 32.1. The molecule has 1 amide bonds. The topological polar surface area (TPSA) is 76.1 Å². The minimum absolute atomic E-state index is 0.0183. The largest absolute Gasteiger partial charge is 0.511 e. The summed E-state index contributed by atoms with van der Waals surface area (Å²) in [5.41, 5.74) is 0.119. The molecule has 1 aliphatic heterocycles. The lowest BCUT2D eigenvalue weighted by Gasteiger charge is -2.37. The third-order valence-corrected chi connectivity index (χ3v) is 7.60. The van der Waals surface area contributed by atoms with Crippen LogP contribution in [0.2, 0.25) is 0 Å². The van der Waals surface area contributed by atoms with Crippen molar-refractivity contribution < 1.29 is 33.0 Å². The van der Waals surface area contributed by atoms with E-state index in [1.807, 2.05) is 0 Å². The Kier molecular flexibility index (Phi) is 7.29. The predicted octanol–water partition coefficient (Wildman–Crippen LogP) is 6.09. The molecule has 2 aliphatic rings. The molecule has 9 heteroatoms. The fourth-order valence-electron chi connectivity index (χ4n) is 4.61. The molecule has 4 rings (SSSR count). The maximum Gasteiger partial charge on any atom is 0.511 e. The van der Waals surface area contributed by atoms with Crippen LogP contribution >= 0.6 is 11.3 Å². The van der Waals surface area contributed by atoms with E-state index >= 15 is 0 Å². The fraction of sp³-hybridized carbons (Fsp3) is 0.500. The summed E-state index contributed by atoms with van der Waals surface area (Å²) in [6.45, 7) is 3.17. The summed E-state index contributed by atoms with van der Waals surface area (Å²) in [7, 11) is 0. The summed E-state index contributed by atoms with van der Waals surface area (Å²) in [4.78, 5) is 27.2. The van der Waals surface area contributed by atoms with Gasteiger partial charge in [0.05, 0.1) is 0 Å². The maximum atomic E-state index is 14.5. The van der Waals surface area contributed by atoms with E-state index in [0.29, 0.717) is 41.9 Å². The number of hydrogen-bond donors (Lipinski definition) is 1. The molecule has 33 heavy (non-hydrogen) atoms. The standard InChI is InChI=1S/C24H27F2NO5S/c1-14-2-4-15(5-3-14)22(28)27(17-8-10-31-11-9-17)23-20(32-24(29)30)13-21(33-23)18-7-6-16(25)12-19(18)26/h6-7,12-15,17H,2-5,8-11H2,1H3,(H,29,30). The molecule has 178 valence electrons. The van der Waals surface area contributed by atoms with Crippen molar-refractivity contribution in [2.45, 2.75) is 51.5 Å². The second-order valence-corrected chi connectivity index (χ2v) is 9.81. The number of ether oxygens (including phenoxy) is 2. The molecule has 2 heterocycles. The first-order valence-corrected chi connectivity index (χ1v) is 12.1. The average molecular weight is 480 g/mol. The Morgan fingerprint density at radius 1 is 1.09 bits per heavy atom. The number of carbonyl (C=O) groups excluding carboxylic acids is 1. The van der Waals surface area contributed by atoms with Crippen LogP contribution in [0.15, 0.2) is 24.3 Å². The first-order chi connectivity index (χ1) is 15.8. The SMILES string of the molecule is CC1CCC(C(=O)N(c2sc(-c3ccc(F)cc3F)cc2OC(=O)O)C2CCOCC2)CC1. The lowest BCUT2D eigenvalue weighted by atomic mass is 9.82. The van der Waals surface area contributed by atoms with Gasteiger partial charge in [0, 0.05) is 47.7 Å². The zero-order valence-corrected chi connectivity index (χ0v) is 19.2. The number of amides is 1. The van der Waals surface area contributed by atoms with Crippen LogP contribution in [0, 0.1) is 23.5 Å². The van der Waals surface area contributed by atoms with Gasteiger partial charge in [0.2, 0.25) is 5.91 Å². The second kappa shape index (κ2) is 10.2. The fourth-order valence-corrected chi connectivity index (χ4v) is 5.80. The summed E-state index contributed by atoms with van der Waals surface area (Å²) in [5, 5.41) is 9.65. The van der Waals surface area contributed by atoms with Crippen molar-refractivity contribution in [3.8, 4) is 16.2 Å². The van der Waals surface area contributed by atoms with Crippen LogP contribution < -0.4 is 9.64 Å². The van der Waals surface area contributed by atoms with Crippen molar-refractivity contribution in [1.82, 2.24) is 0 Å². The lowest BCUT2D eigenvalue weighted by Crippen LogP contribution is -2.46. The Morgan fingerprint density at radius 2 is 1.79 bits per heavy atom. The molecule has 1 aromatic heterocycles. The van der Waals surface area contributed by atoms with Gasteiger partial charge in [-0.25, -0.2) is 13.6 Å². The molecule has 0 spiro atoms. The smallest absolute Gasteiger partial charge is 0.449 e. The van der Waals surface area contributed by atoms with E-state index in [0.717, 1.165) is 49.2 Å². The number of anilines is 1. The van der Waals surface area contributed by atoms with Gasteiger partial charge < -0.3 is 14.6 Å². The van der Waals surface area contributed by atoms with E-state index in [-0.39, 0.29) is 29.2 Å². The Balaban J connectivity index is 1.76. The summed E-state index contributed by atoms with van der Waals surface area (Å²) in [6.07, 6.45) is 3.18. The number of halogens is 2. The van der Waals surface area contributed by atoms with E-state index in [9.17, 15) is 23.5 Å². The predicted molar refractivity (Wildman–Crippen MR) is 121 cm³/mol. The zero-order chi connectivity index (χ0) is 23.5. The Morgan fingerprint density at radius 3 is 2.42 bits per heavy atom. The van der Waals surface area contributed by atoms with Gasteiger partial charge in [0.1, 0.15) is 16.6 Å². The van der Waals surface area contributed by atoms with E-state index in [1.165, 1.54) is 12.1 Å². The van der Waals surface area contributed by atoms with E-state index in [4.69, 9.17) is 9.47 Å². The number of rotatable bonds is 5. The van der Waals surface area contributed by atoms with E-state index in [2.05, 4.69) is 6.92 Å². The van der Waals surface area contributed by atoms with Crippen molar-refractivity contribution in [3.63, 3.8) is 0 Å². The molecule has 6 nitrogen and oxygen atoms in total. The molecule has 0 bridgehead atoms. The Labute approximate surface area is 195 Å². The quantitative estimate of drug-likeness (QED) is 0.526. The zero-order valence-electron chi connectivity index (χ0n) is 18.4. The van der Waals surface area contributed by atoms with Crippen LogP contribution in [0.3, 0.4) is 0 Å². The van der Waals surface area contributed by atoms with Gasteiger partial charge in [0.15, 0.2) is 5.75 Å². The lowest BCUT2D eigenvalue weighted by molar-refractivity contribution is -0.124. The van der Waals surface area contributed by atoms with Crippen LogP contribution in [0.25, 0.3) is 10.4 Å². The number of thiophene rings is 1. The average Bonchev–Trinajstić information content (AvgIpc) is 3.17. The van der Waals surface area contributed by atoms with Crippen LogP contribution in [-0.2, 0) is 9.53 Å². The minimum Gasteiger partial charge on any atom is -0.449 e. The van der Waals surface area contributed by atoms with Gasteiger partial charge in [0.25, 0.3) is 0 Å². The number of carboxylic acid groups (broad SMARTS) is 1. The van der Waals surface area contributed by atoms with Crippen molar-refractivity contribution in [3.05, 3.63) is 35.9 Å². The van der Waals surface area contributed by atoms with Crippen molar-refractivity contribution in [1.29, 1.82) is 0 Å². The number of hydrogen-bond acceptors (Lipinski definition) is 5. The highest BCUT2D eigenvalue weighted by molar-refractivity contribution is 7.20. The summed E-state index contributed by atoms with van der Waals surface area (Å²) < 4.78 is 38.4. The molecule has 1 N–H and O–H groups in total. The van der Waals surface area contributed by atoms with Gasteiger partial charge in [-0.05, 0) is 56.6 Å². The number of nitrogens with zero attached hydrogens (tertiary/aromatic N) is 1. The molecule has 1 aliphatic carbocycles. The summed E-state index contributed by atoms with van der Waals surface area (Å²) in [5.74, 6) is -1.14. The van der Waals surface area contributed by atoms with Gasteiger partial charge in [-0.3, -0.25) is 9.69 Å². The molecule has 2 aromatic rings. The summed E-state index contributed by atoms with van der Waals surface area (Å²) in [6, 6.07) is 4.45. The highest BCUT2D eigenvalue weighted by Crippen LogP contribution is 2.46. The molecular weight excluding hydrogens is 452 g/mol. The van der Waals surface area contributed by atoms with Crippen LogP contribution in [0.1, 0.15) is 45.4 Å². The number of benzene rings is 1. The van der Waals surface area contributed by atoms with Crippen LogP contribution in [0.5, 0.6) is 5.75 Å². The van der Waals surface area contributed by atoms with E-state index in [1.54, 1.807) is 4.90 Å². The monoisotopic (exact) mass is 479 g/mol. The molecule has 1 saturated heterocycles. The summed E-state index contributed by atoms with van der Waals surface area (Å²) >= 11 is 1.08. The van der Waals surface area contributed by atoms with Crippen LogP contribution in [0.4, 0.5) is 18.6 Å². The normalized spacial score (nSPS) is 21.5. The molecule has 1 aromatic carbocycles. The first kappa shape index (κ1) is 23.6.